The monoisotopic (exact) mass is 661 g/mol. The Bertz CT molecular complexity index is 1500. The van der Waals surface area contributed by atoms with Gasteiger partial charge in [0, 0.05) is 0 Å². The Morgan fingerprint density at radius 3 is 1.49 bits per heavy atom. The predicted octanol–water partition coefficient (Wildman–Crippen LogP) is 6.68. The minimum atomic E-state index is -4.40. The molecule has 9 nitrogen and oxygen atoms in total. The Balaban J connectivity index is 1.73. The zero-order valence-corrected chi connectivity index (χ0v) is 27.7. The fourth-order valence-electron chi connectivity index (χ4n) is 5.21. The molecule has 0 aliphatic heterocycles. The average molecular weight is 662 g/mol. The number of ether oxygens (including phenoxy) is 3. The van der Waals surface area contributed by atoms with Crippen LogP contribution in [0.1, 0.15) is 42.5 Å². The number of benzene rings is 4. The standard InChI is InChI=1S/C37H44NO8P/c1-37(2,38(29-39)46-28-33-21-13-6-14-22-33)36(45-27-32-19-11-5-12-20-32)35(44-26-31-17-9-4-10-18-31)34(23-24-47(40,41)42)43-25-30-15-7-3-8-16-30/h3-22,29,34-36H,23-28H2,1-2H3,(H2,40,41,42)/t34-,35+,36+/m1/s1. The Kier molecular flexibility index (Phi) is 13.9. The van der Waals surface area contributed by atoms with E-state index in [2.05, 4.69) is 0 Å². The number of hydrogen-bond acceptors (Lipinski definition) is 6. The van der Waals surface area contributed by atoms with E-state index < -0.39 is 37.6 Å². The molecule has 0 heterocycles. The lowest BCUT2D eigenvalue weighted by atomic mass is 9.88. The zero-order chi connectivity index (χ0) is 33.5. The van der Waals surface area contributed by atoms with E-state index >= 15 is 0 Å². The second kappa shape index (κ2) is 18.0. The van der Waals surface area contributed by atoms with Crippen molar-refractivity contribution in [3.05, 3.63) is 144 Å². The molecular formula is C37H44NO8P. The van der Waals surface area contributed by atoms with E-state index in [1.807, 2.05) is 135 Å². The van der Waals surface area contributed by atoms with Crippen LogP contribution in [-0.2, 0) is 54.8 Å². The normalized spacial score (nSPS) is 13.9. The fraction of sp³-hybridized carbons (Fsp3) is 0.324. The van der Waals surface area contributed by atoms with Crippen LogP contribution in [0, 0.1) is 0 Å². The van der Waals surface area contributed by atoms with Crippen LogP contribution in [0.15, 0.2) is 121 Å². The summed E-state index contributed by atoms with van der Waals surface area (Å²) in [7, 11) is -4.40. The van der Waals surface area contributed by atoms with E-state index in [1.54, 1.807) is 0 Å². The van der Waals surface area contributed by atoms with E-state index in [1.165, 1.54) is 5.06 Å². The molecule has 250 valence electrons. The summed E-state index contributed by atoms with van der Waals surface area (Å²) in [5.74, 6) is 0. The molecule has 0 bridgehead atoms. The van der Waals surface area contributed by atoms with Crippen molar-refractivity contribution in [2.75, 3.05) is 6.16 Å². The van der Waals surface area contributed by atoms with Gasteiger partial charge in [0.2, 0.25) is 6.41 Å². The zero-order valence-electron chi connectivity index (χ0n) is 26.8. The highest BCUT2D eigenvalue weighted by Gasteiger charge is 2.46. The summed E-state index contributed by atoms with van der Waals surface area (Å²) >= 11 is 0. The Hall–Kier alpha value is -3.66. The maximum absolute atomic E-state index is 12.7. The first-order valence-electron chi connectivity index (χ1n) is 15.6. The summed E-state index contributed by atoms with van der Waals surface area (Å²) in [5.41, 5.74) is 2.40. The van der Waals surface area contributed by atoms with Crippen LogP contribution >= 0.6 is 7.60 Å². The molecule has 1 amide bonds. The number of rotatable bonds is 20. The quantitative estimate of drug-likeness (QED) is 0.0613. The van der Waals surface area contributed by atoms with Gasteiger partial charge in [-0.2, -0.15) is 0 Å². The van der Waals surface area contributed by atoms with Gasteiger partial charge in [-0.05, 0) is 42.5 Å². The molecule has 0 unspecified atom stereocenters. The third-order valence-electron chi connectivity index (χ3n) is 7.81. The number of nitrogens with zero attached hydrogens (tertiary/aromatic N) is 1. The Labute approximate surface area is 277 Å². The molecule has 10 heteroatoms. The van der Waals surface area contributed by atoms with Crippen LogP contribution in [0.5, 0.6) is 0 Å². The van der Waals surface area contributed by atoms with Crippen LogP contribution in [-0.4, -0.2) is 51.3 Å². The molecule has 4 rings (SSSR count). The molecule has 0 aliphatic rings. The van der Waals surface area contributed by atoms with Crippen LogP contribution in [0.4, 0.5) is 0 Å². The lowest BCUT2D eigenvalue weighted by molar-refractivity contribution is -0.257. The van der Waals surface area contributed by atoms with E-state index in [0.717, 1.165) is 22.3 Å². The molecule has 0 aliphatic carbocycles. The van der Waals surface area contributed by atoms with Gasteiger partial charge in [-0.15, -0.1) is 0 Å². The van der Waals surface area contributed by atoms with Crippen molar-refractivity contribution in [3.8, 4) is 0 Å². The largest absolute Gasteiger partial charge is 0.371 e. The van der Waals surface area contributed by atoms with Crippen molar-refractivity contribution >= 4 is 14.0 Å². The molecule has 2 N–H and O–H groups in total. The van der Waals surface area contributed by atoms with E-state index in [-0.39, 0.29) is 32.8 Å². The second-order valence-electron chi connectivity index (χ2n) is 11.8. The molecule has 0 spiro atoms. The Morgan fingerprint density at radius 2 is 1.06 bits per heavy atom. The molecule has 0 radical (unpaired) electrons. The molecule has 0 aromatic heterocycles. The summed E-state index contributed by atoms with van der Waals surface area (Å²) in [5, 5.41) is 1.23. The van der Waals surface area contributed by atoms with Crippen LogP contribution < -0.4 is 0 Å². The lowest BCUT2D eigenvalue weighted by Gasteiger charge is -2.45. The molecule has 0 fully saturated rings. The summed E-state index contributed by atoms with van der Waals surface area (Å²) in [4.78, 5) is 38.5. The van der Waals surface area contributed by atoms with E-state index in [0.29, 0.717) is 6.41 Å². The summed E-state index contributed by atoms with van der Waals surface area (Å²) in [6.07, 6.45) is -2.45. The van der Waals surface area contributed by atoms with Crippen molar-refractivity contribution in [1.82, 2.24) is 5.06 Å². The van der Waals surface area contributed by atoms with Gasteiger partial charge in [0.15, 0.2) is 0 Å². The number of amides is 1. The summed E-state index contributed by atoms with van der Waals surface area (Å²) in [6.45, 7) is 4.29. The van der Waals surface area contributed by atoms with Crippen molar-refractivity contribution in [3.63, 3.8) is 0 Å². The molecule has 47 heavy (non-hydrogen) atoms. The highest BCUT2D eigenvalue weighted by molar-refractivity contribution is 7.51. The first-order valence-corrected chi connectivity index (χ1v) is 17.4. The van der Waals surface area contributed by atoms with Gasteiger partial charge < -0.3 is 24.0 Å². The van der Waals surface area contributed by atoms with Gasteiger partial charge in [-0.25, -0.2) is 5.06 Å². The third-order valence-corrected chi connectivity index (χ3v) is 8.65. The van der Waals surface area contributed by atoms with Gasteiger partial charge in [0.05, 0.1) is 37.6 Å². The number of carbonyl (C=O) groups excluding carboxylic acids is 1. The summed E-state index contributed by atoms with van der Waals surface area (Å²) in [6, 6.07) is 38.2. The van der Waals surface area contributed by atoms with Crippen molar-refractivity contribution < 1.29 is 38.2 Å². The summed E-state index contributed by atoms with van der Waals surface area (Å²) < 4.78 is 31.9. The fourth-order valence-corrected chi connectivity index (χ4v) is 5.80. The minimum Gasteiger partial charge on any atom is -0.371 e. The maximum Gasteiger partial charge on any atom is 0.325 e. The first kappa shape index (κ1) is 36.2. The average Bonchev–Trinajstić information content (AvgIpc) is 3.08. The molecule has 0 saturated carbocycles. The van der Waals surface area contributed by atoms with Gasteiger partial charge in [0.1, 0.15) is 18.8 Å². The lowest BCUT2D eigenvalue weighted by Crippen LogP contribution is -2.60. The topological polar surface area (TPSA) is 115 Å². The number of carbonyl (C=O) groups is 1. The van der Waals surface area contributed by atoms with Gasteiger partial charge in [0.25, 0.3) is 0 Å². The van der Waals surface area contributed by atoms with Crippen molar-refractivity contribution in [2.24, 2.45) is 0 Å². The number of hydrogen-bond donors (Lipinski definition) is 2. The first-order chi connectivity index (χ1) is 22.7. The molecule has 4 aromatic carbocycles. The third kappa shape index (κ3) is 11.8. The van der Waals surface area contributed by atoms with Crippen LogP contribution in [0.3, 0.4) is 0 Å². The van der Waals surface area contributed by atoms with Crippen LogP contribution in [0.25, 0.3) is 0 Å². The van der Waals surface area contributed by atoms with Crippen LogP contribution in [0.2, 0.25) is 0 Å². The van der Waals surface area contributed by atoms with Gasteiger partial charge in [-0.1, -0.05) is 121 Å². The molecule has 4 aromatic rings. The maximum atomic E-state index is 12.7. The molecule has 0 saturated heterocycles. The minimum absolute atomic E-state index is 0.0240. The van der Waals surface area contributed by atoms with Gasteiger partial charge >= 0.3 is 7.60 Å². The highest BCUT2D eigenvalue weighted by Crippen LogP contribution is 2.38. The van der Waals surface area contributed by atoms with Crippen molar-refractivity contribution in [2.45, 2.75) is 70.5 Å². The molecular weight excluding hydrogens is 617 g/mol. The van der Waals surface area contributed by atoms with Gasteiger partial charge in [-0.3, -0.25) is 14.2 Å². The molecule has 3 atom stereocenters. The predicted molar refractivity (Wildman–Crippen MR) is 180 cm³/mol. The van der Waals surface area contributed by atoms with Crippen molar-refractivity contribution in [1.29, 1.82) is 0 Å². The Morgan fingerprint density at radius 1 is 0.660 bits per heavy atom. The smallest absolute Gasteiger partial charge is 0.325 e. The second-order valence-corrected chi connectivity index (χ2v) is 13.6. The highest BCUT2D eigenvalue weighted by atomic mass is 31.2. The van der Waals surface area contributed by atoms with E-state index in [9.17, 15) is 19.1 Å². The van der Waals surface area contributed by atoms with E-state index in [4.69, 9.17) is 19.0 Å². The SMILES string of the molecule is CC(C)([C@@H](OCc1ccccc1)[C@@H](OCc1ccccc1)[C@@H](CCP(=O)(O)O)OCc1ccccc1)N(C=O)OCc1ccccc1. The number of hydroxylamine groups is 2.